The van der Waals surface area contributed by atoms with Crippen molar-refractivity contribution in [1.29, 1.82) is 0 Å². The van der Waals surface area contributed by atoms with Gasteiger partial charge in [-0.1, -0.05) is 30.4 Å². The van der Waals surface area contributed by atoms with Crippen molar-refractivity contribution >= 4 is 12.0 Å². The first-order chi connectivity index (χ1) is 11.6. The van der Waals surface area contributed by atoms with Crippen LogP contribution in [0.15, 0.2) is 30.3 Å². The third-order valence-corrected chi connectivity index (χ3v) is 4.69. The van der Waals surface area contributed by atoms with E-state index >= 15 is 0 Å². The number of piperidine rings is 1. The van der Waals surface area contributed by atoms with Gasteiger partial charge in [0.2, 0.25) is 0 Å². The molecule has 5 heteroatoms. The zero-order valence-electron chi connectivity index (χ0n) is 14.5. The number of likely N-dealkylation sites (tertiary alicyclic amines) is 1. The molecule has 1 N–H and O–H groups in total. The van der Waals surface area contributed by atoms with Crippen LogP contribution in [-0.2, 0) is 9.53 Å². The maximum Gasteiger partial charge on any atom is 0.311 e. The number of benzene rings is 1. The number of carboxylic acids is 1. The van der Waals surface area contributed by atoms with Crippen molar-refractivity contribution in [1.82, 2.24) is 4.90 Å². The molecule has 132 valence electrons. The number of aliphatic carboxylic acids is 1. The minimum absolute atomic E-state index is 0.483. The smallest absolute Gasteiger partial charge is 0.311 e. The fourth-order valence-electron chi connectivity index (χ4n) is 3.30. The van der Waals surface area contributed by atoms with E-state index < -0.39 is 11.4 Å². The van der Waals surface area contributed by atoms with Crippen molar-refractivity contribution in [3.8, 4) is 5.75 Å². The van der Waals surface area contributed by atoms with Gasteiger partial charge in [-0.25, -0.2) is 0 Å². The molecule has 24 heavy (non-hydrogen) atoms. The first kappa shape index (κ1) is 18.5. The predicted molar refractivity (Wildman–Crippen MR) is 94.3 cm³/mol. The van der Waals surface area contributed by atoms with Crippen LogP contribution in [0, 0.1) is 5.41 Å². The zero-order chi connectivity index (χ0) is 17.4. The molecule has 1 aliphatic rings. The molecule has 0 saturated carbocycles. The number of nitrogens with zero attached hydrogens (tertiary/aromatic N) is 1. The Hall–Kier alpha value is -1.85. The van der Waals surface area contributed by atoms with E-state index in [0.29, 0.717) is 19.6 Å². The van der Waals surface area contributed by atoms with E-state index in [1.165, 1.54) is 0 Å². The van der Waals surface area contributed by atoms with Crippen molar-refractivity contribution in [2.75, 3.05) is 40.5 Å². The normalized spacial score (nSPS) is 21.9. The molecule has 0 bridgehead atoms. The van der Waals surface area contributed by atoms with Gasteiger partial charge in [0, 0.05) is 32.4 Å². The number of methoxy groups -OCH3 is 2. The van der Waals surface area contributed by atoms with E-state index in [-0.39, 0.29) is 0 Å². The number of hydrogen-bond acceptors (Lipinski definition) is 4. The zero-order valence-corrected chi connectivity index (χ0v) is 14.5. The van der Waals surface area contributed by atoms with E-state index in [0.717, 1.165) is 37.2 Å². The van der Waals surface area contributed by atoms with E-state index in [1.54, 1.807) is 14.2 Å². The quantitative estimate of drug-likeness (QED) is 0.793. The number of para-hydroxylation sites is 1. The van der Waals surface area contributed by atoms with Crippen LogP contribution in [0.5, 0.6) is 5.75 Å². The molecule has 1 heterocycles. The van der Waals surface area contributed by atoms with Gasteiger partial charge >= 0.3 is 5.97 Å². The maximum atomic E-state index is 11.8. The van der Waals surface area contributed by atoms with Crippen LogP contribution in [0.25, 0.3) is 6.08 Å². The minimum Gasteiger partial charge on any atom is -0.496 e. The van der Waals surface area contributed by atoms with Gasteiger partial charge in [0.15, 0.2) is 0 Å². The average molecular weight is 333 g/mol. The number of ether oxygens (including phenoxy) is 2. The molecule has 1 saturated heterocycles. The van der Waals surface area contributed by atoms with Crippen LogP contribution in [0.4, 0.5) is 0 Å². The molecule has 1 fully saturated rings. The third-order valence-electron chi connectivity index (χ3n) is 4.69. The molecule has 1 aromatic carbocycles. The Kier molecular flexibility index (Phi) is 6.82. The van der Waals surface area contributed by atoms with Gasteiger partial charge in [0.25, 0.3) is 0 Å². The third kappa shape index (κ3) is 4.58. The largest absolute Gasteiger partial charge is 0.496 e. The molecule has 0 amide bonds. The van der Waals surface area contributed by atoms with Gasteiger partial charge in [-0.15, -0.1) is 0 Å². The average Bonchev–Trinajstić information content (AvgIpc) is 2.60. The molecule has 0 spiro atoms. The van der Waals surface area contributed by atoms with Gasteiger partial charge in [-0.3, -0.25) is 9.69 Å². The molecule has 1 atom stereocenters. The molecule has 0 aromatic heterocycles. The highest BCUT2D eigenvalue weighted by molar-refractivity contribution is 5.75. The van der Waals surface area contributed by atoms with Gasteiger partial charge in [-0.05, 0) is 31.9 Å². The summed E-state index contributed by atoms with van der Waals surface area (Å²) in [6.07, 6.45) is 6.29. The second-order valence-corrected chi connectivity index (χ2v) is 6.31. The van der Waals surface area contributed by atoms with Crippen molar-refractivity contribution in [3.63, 3.8) is 0 Å². The Morgan fingerprint density at radius 1 is 1.38 bits per heavy atom. The molecule has 0 unspecified atom stereocenters. The molecular formula is C19H27NO4. The SMILES string of the molecule is COCC[C@@]1(C(=O)O)CCCN(C/C=C/c2ccccc2OC)C1. The summed E-state index contributed by atoms with van der Waals surface area (Å²) in [7, 11) is 3.28. The topological polar surface area (TPSA) is 59.0 Å². The number of hydrogen-bond donors (Lipinski definition) is 1. The summed E-state index contributed by atoms with van der Waals surface area (Å²) in [5.41, 5.74) is 0.341. The molecular weight excluding hydrogens is 306 g/mol. The lowest BCUT2D eigenvalue weighted by atomic mass is 9.77. The summed E-state index contributed by atoms with van der Waals surface area (Å²) in [5.74, 6) is 0.130. The van der Waals surface area contributed by atoms with Gasteiger partial charge in [-0.2, -0.15) is 0 Å². The van der Waals surface area contributed by atoms with Gasteiger partial charge in [0.1, 0.15) is 5.75 Å². The Balaban J connectivity index is 1.99. The monoisotopic (exact) mass is 333 g/mol. The second-order valence-electron chi connectivity index (χ2n) is 6.31. The van der Waals surface area contributed by atoms with Crippen LogP contribution in [-0.4, -0.2) is 56.4 Å². The van der Waals surface area contributed by atoms with Crippen molar-refractivity contribution in [2.24, 2.45) is 5.41 Å². The standard InChI is InChI=1S/C19H27NO4/c1-23-14-11-19(18(21)22)10-6-13-20(15-19)12-5-8-16-7-3-4-9-17(16)24-2/h3-5,7-9H,6,10-15H2,1-2H3,(H,21,22)/b8-5+/t19-/m0/s1. The fourth-order valence-corrected chi connectivity index (χ4v) is 3.30. The molecule has 1 aliphatic heterocycles. The van der Waals surface area contributed by atoms with Crippen LogP contribution < -0.4 is 4.74 Å². The predicted octanol–water partition coefficient (Wildman–Crippen LogP) is 2.91. The number of rotatable bonds is 8. The first-order valence-electron chi connectivity index (χ1n) is 8.35. The lowest BCUT2D eigenvalue weighted by molar-refractivity contribution is -0.154. The number of carbonyl (C=O) groups is 1. The van der Waals surface area contributed by atoms with Crippen LogP contribution in [0.3, 0.4) is 0 Å². The van der Waals surface area contributed by atoms with Crippen molar-refractivity contribution in [2.45, 2.75) is 19.3 Å². The lowest BCUT2D eigenvalue weighted by Gasteiger charge is -2.39. The highest BCUT2D eigenvalue weighted by Crippen LogP contribution is 2.34. The van der Waals surface area contributed by atoms with E-state index in [4.69, 9.17) is 9.47 Å². The van der Waals surface area contributed by atoms with Crippen molar-refractivity contribution in [3.05, 3.63) is 35.9 Å². The summed E-state index contributed by atoms with van der Waals surface area (Å²) in [4.78, 5) is 14.0. The maximum absolute atomic E-state index is 11.8. The summed E-state index contributed by atoms with van der Waals surface area (Å²) < 4.78 is 10.5. The summed E-state index contributed by atoms with van der Waals surface area (Å²) in [6, 6.07) is 7.85. The Labute approximate surface area is 143 Å². The fraction of sp³-hybridized carbons (Fsp3) is 0.526. The highest BCUT2D eigenvalue weighted by atomic mass is 16.5. The summed E-state index contributed by atoms with van der Waals surface area (Å²) in [6.45, 7) is 2.72. The molecule has 0 aliphatic carbocycles. The van der Waals surface area contributed by atoms with E-state index in [1.807, 2.05) is 30.3 Å². The molecule has 2 rings (SSSR count). The van der Waals surface area contributed by atoms with E-state index in [2.05, 4.69) is 11.0 Å². The Morgan fingerprint density at radius 2 is 2.17 bits per heavy atom. The minimum atomic E-state index is -0.710. The molecule has 5 nitrogen and oxygen atoms in total. The number of carboxylic acid groups (broad SMARTS) is 1. The van der Waals surface area contributed by atoms with Crippen molar-refractivity contribution < 1.29 is 19.4 Å². The first-order valence-corrected chi connectivity index (χ1v) is 8.35. The van der Waals surface area contributed by atoms with Crippen LogP contribution in [0.2, 0.25) is 0 Å². The van der Waals surface area contributed by atoms with E-state index in [9.17, 15) is 9.90 Å². The van der Waals surface area contributed by atoms with Crippen LogP contribution >= 0.6 is 0 Å². The summed E-state index contributed by atoms with van der Waals surface area (Å²) in [5, 5.41) is 9.69. The van der Waals surface area contributed by atoms with Gasteiger partial charge in [0.05, 0.1) is 12.5 Å². The summed E-state index contributed by atoms with van der Waals surface area (Å²) >= 11 is 0. The lowest BCUT2D eigenvalue weighted by Crippen LogP contribution is -2.48. The van der Waals surface area contributed by atoms with Crippen LogP contribution in [0.1, 0.15) is 24.8 Å². The second kappa shape index (κ2) is 8.85. The molecule has 0 radical (unpaired) electrons. The van der Waals surface area contributed by atoms with Gasteiger partial charge < -0.3 is 14.6 Å². The Bertz CT molecular complexity index is 572. The molecule has 1 aromatic rings. The highest BCUT2D eigenvalue weighted by Gasteiger charge is 2.41. The Morgan fingerprint density at radius 3 is 2.88 bits per heavy atom.